The molecule has 1 heterocycles. The van der Waals surface area contributed by atoms with E-state index in [0.717, 1.165) is 5.75 Å². The minimum Gasteiger partial charge on any atom is -0.493 e. The molecule has 2 aromatic rings. The van der Waals surface area contributed by atoms with Crippen molar-refractivity contribution in [1.82, 2.24) is 9.97 Å². The maximum absolute atomic E-state index is 10.6. The van der Waals surface area contributed by atoms with E-state index in [0.29, 0.717) is 18.9 Å². The van der Waals surface area contributed by atoms with Gasteiger partial charge in [0, 0.05) is 18.8 Å². The fourth-order valence-corrected chi connectivity index (χ4v) is 1.37. The molecule has 0 fully saturated rings. The molecule has 0 aliphatic rings. The highest BCUT2D eigenvalue weighted by Crippen LogP contribution is 2.08. The van der Waals surface area contributed by atoms with Gasteiger partial charge in [-0.15, -0.1) is 0 Å². The number of para-hydroxylation sites is 1. The first-order valence-electron chi connectivity index (χ1n) is 5.48. The maximum Gasteiger partial charge on any atom is 0.338 e. The number of rotatable bonds is 5. The normalized spacial score (nSPS) is 10.0. The van der Waals surface area contributed by atoms with Gasteiger partial charge in [-0.05, 0) is 12.1 Å². The zero-order valence-electron chi connectivity index (χ0n) is 9.61. The van der Waals surface area contributed by atoms with Crippen LogP contribution in [0.4, 0.5) is 0 Å². The molecule has 5 heteroatoms. The molecule has 0 bridgehead atoms. The van der Waals surface area contributed by atoms with E-state index in [1.807, 2.05) is 30.3 Å². The molecule has 0 radical (unpaired) electrons. The number of benzene rings is 1. The first-order chi connectivity index (χ1) is 8.75. The van der Waals surface area contributed by atoms with Crippen LogP contribution < -0.4 is 4.74 Å². The second-order valence-corrected chi connectivity index (χ2v) is 3.60. The molecule has 0 atom stereocenters. The standard InChI is InChI=1S/C13H12N2O3/c16-13(17)10-8-14-12(15-9-10)6-7-18-11-4-2-1-3-5-11/h1-5,8-9H,6-7H2,(H,16,17). The van der Waals surface area contributed by atoms with E-state index < -0.39 is 5.97 Å². The van der Waals surface area contributed by atoms with E-state index in [9.17, 15) is 4.79 Å². The third-order valence-electron chi connectivity index (χ3n) is 2.29. The monoisotopic (exact) mass is 244 g/mol. The predicted molar refractivity (Wildman–Crippen MR) is 64.6 cm³/mol. The Hall–Kier alpha value is -2.43. The maximum atomic E-state index is 10.6. The average molecular weight is 244 g/mol. The average Bonchev–Trinajstić information content (AvgIpc) is 2.40. The van der Waals surface area contributed by atoms with Gasteiger partial charge in [0.15, 0.2) is 0 Å². The first-order valence-corrected chi connectivity index (χ1v) is 5.48. The second-order valence-electron chi connectivity index (χ2n) is 3.60. The van der Waals surface area contributed by atoms with E-state index in [1.54, 1.807) is 0 Å². The number of carboxylic acids is 1. The van der Waals surface area contributed by atoms with Gasteiger partial charge in [-0.3, -0.25) is 0 Å². The van der Waals surface area contributed by atoms with E-state index >= 15 is 0 Å². The second kappa shape index (κ2) is 5.77. The summed E-state index contributed by atoms with van der Waals surface area (Å²) < 4.78 is 5.49. The topological polar surface area (TPSA) is 72.3 Å². The zero-order valence-corrected chi connectivity index (χ0v) is 9.61. The highest BCUT2D eigenvalue weighted by molar-refractivity contribution is 5.86. The van der Waals surface area contributed by atoms with Crippen molar-refractivity contribution in [2.45, 2.75) is 6.42 Å². The van der Waals surface area contributed by atoms with Crippen molar-refractivity contribution in [3.63, 3.8) is 0 Å². The Morgan fingerprint density at radius 1 is 1.17 bits per heavy atom. The number of ether oxygens (including phenoxy) is 1. The fourth-order valence-electron chi connectivity index (χ4n) is 1.37. The third kappa shape index (κ3) is 3.28. The van der Waals surface area contributed by atoms with Crippen LogP contribution in [-0.2, 0) is 6.42 Å². The van der Waals surface area contributed by atoms with E-state index in [1.165, 1.54) is 12.4 Å². The highest BCUT2D eigenvalue weighted by atomic mass is 16.5. The largest absolute Gasteiger partial charge is 0.493 e. The van der Waals surface area contributed by atoms with Crippen molar-refractivity contribution in [3.8, 4) is 5.75 Å². The van der Waals surface area contributed by atoms with Crippen molar-refractivity contribution in [3.05, 3.63) is 54.1 Å². The summed E-state index contributed by atoms with van der Waals surface area (Å²) in [6.45, 7) is 0.455. The molecular weight excluding hydrogens is 232 g/mol. The predicted octanol–water partition coefficient (Wildman–Crippen LogP) is 1.80. The number of aromatic carboxylic acids is 1. The summed E-state index contributed by atoms with van der Waals surface area (Å²) in [5.74, 6) is 0.331. The summed E-state index contributed by atoms with van der Waals surface area (Å²) in [7, 11) is 0. The smallest absolute Gasteiger partial charge is 0.338 e. The van der Waals surface area contributed by atoms with Gasteiger partial charge in [-0.1, -0.05) is 18.2 Å². The highest BCUT2D eigenvalue weighted by Gasteiger charge is 2.04. The van der Waals surface area contributed by atoms with Gasteiger partial charge in [0.1, 0.15) is 11.6 Å². The Bertz CT molecular complexity index is 512. The Balaban J connectivity index is 1.85. The lowest BCUT2D eigenvalue weighted by Crippen LogP contribution is -2.06. The lowest BCUT2D eigenvalue weighted by Gasteiger charge is -2.04. The van der Waals surface area contributed by atoms with Crippen LogP contribution in [0.3, 0.4) is 0 Å². The molecule has 5 nitrogen and oxygen atoms in total. The van der Waals surface area contributed by atoms with Gasteiger partial charge >= 0.3 is 5.97 Å². The van der Waals surface area contributed by atoms with Crippen LogP contribution in [0.25, 0.3) is 0 Å². The fraction of sp³-hybridized carbons (Fsp3) is 0.154. The Morgan fingerprint density at radius 3 is 2.44 bits per heavy atom. The van der Waals surface area contributed by atoms with Gasteiger partial charge < -0.3 is 9.84 Å². The van der Waals surface area contributed by atoms with Crippen LogP contribution in [0.1, 0.15) is 16.2 Å². The summed E-state index contributed by atoms with van der Waals surface area (Å²) in [5, 5.41) is 8.70. The minimum absolute atomic E-state index is 0.0859. The summed E-state index contributed by atoms with van der Waals surface area (Å²) >= 11 is 0. The number of hydrogen-bond acceptors (Lipinski definition) is 4. The third-order valence-corrected chi connectivity index (χ3v) is 2.29. The molecular formula is C13H12N2O3. The number of carboxylic acid groups (broad SMARTS) is 1. The molecule has 1 aromatic heterocycles. The SMILES string of the molecule is O=C(O)c1cnc(CCOc2ccccc2)nc1. The quantitative estimate of drug-likeness (QED) is 0.868. The van der Waals surface area contributed by atoms with E-state index in [-0.39, 0.29) is 5.56 Å². The Morgan fingerprint density at radius 2 is 1.83 bits per heavy atom. The van der Waals surface area contributed by atoms with Crippen molar-refractivity contribution in [2.24, 2.45) is 0 Å². The summed E-state index contributed by atoms with van der Waals surface area (Å²) in [6, 6.07) is 9.45. The van der Waals surface area contributed by atoms with Crippen LogP contribution >= 0.6 is 0 Å². The van der Waals surface area contributed by atoms with Crippen molar-refractivity contribution in [1.29, 1.82) is 0 Å². The first kappa shape index (κ1) is 12.0. The van der Waals surface area contributed by atoms with Crippen LogP contribution in [0.2, 0.25) is 0 Å². The van der Waals surface area contributed by atoms with E-state index in [4.69, 9.17) is 9.84 Å². The van der Waals surface area contributed by atoms with E-state index in [2.05, 4.69) is 9.97 Å². The molecule has 0 saturated carbocycles. The molecule has 1 aromatic carbocycles. The van der Waals surface area contributed by atoms with Gasteiger partial charge in [-0.2, -0.15) is 0 Å². The molecule has 0 aliphatic carbocycles. The number of nitrogens with zero attached hydrogens (tertiary/aromatic N) is 2. The molecule has 0 spiro atoms. The summed E-state index contributed by atoms with van der Waals surface area (Å²) in [5.41, 5.74) is 0.0859. The molecule has 0 unspecified atom stereocenters. The Labute approximate surface area is 104 Å². The molecule has 2 rings (SSSR count). The van der Waals surface area contributed by atoms with Gasteiger partial charge in [0.25, 0.3) is 0 Å². The Kier molecular flexibility index (Phi) is 3.86. The van der Waals surface area contributed by atoms with Crippen LogP contribution in [0.5, 0.6) is 5.75 Å². The zero-order chi connectivity index (χ0) is 12.8. The van der Waals surface area contributed by atoms with Crippen LogP contribution in [-0.4, -0.2) is 27.7 Å². The molecule has 92 valence electrons. The van der Waals surface area contributed by atoms with Crippen molar-refractivity contribution < 1.29 is 14.6 Å². The molecule has 18 heavy (non-hydrogen) atoms. The summed E-state index contributed by atoms with van der Waals surface area (Å²) in [6.07, 6.45) is 3.13. The lowest BCUT2D eigenvalue weighted by molar-refractivity contribution is 0.0696. The summed E-state index contributed by atoms with van der Waals surface area (Å²) in [4.78, 5) is 18.5. The molecule has 0 amide bonds. The van der Waals surface area contributed by atoms with Gasteiger partial charge in [-0.25, -0.2) is 14.8 Å². The molecule has 1 N–H and O–H groups in total. The molecule has 0 aliphatic heterocycles. The lowest BCUT2D eigenvalue weighted by atomic mass is 10.3. The van der Waals surface area contributed by atoms with Gasteiger partial charge in [0.2, 0.25) is 0 Å². The van der Waals surface area contributed by atoms with Gasteiger partial charge in [0.05, 0.1) is 12.2 Å². The minimum atomic E-state index is -1.03. The number of aromatic nitrogens is 2. The van der Waals surface area contributed by atoms with Crippen LogP contribution in [0.15, 0.2) is 42.7 Å². The number of hydrogen-bond donors (Lipinski definition) is 1. The van der Waals surface area contributed by atoms with Crippen LogP contribution in [0, 0.1) is 0 Å². The number of carbonyl (C=O) groups is 1. The van der Waals surface area contributed by atoms with Crippen molar-refractivity contribution >= 4 is 5.97 Å². The molecule has 0 saturated heterocycles. The van der Waals surface area contributed by atoms with Crippen molar-refractivity contribution in [2.75, 3.05) is 6.61 Å².